The van der Waals surface area contributed by atoms with Crippen LogP contribution in [0.1, 0.15) is 25.7 Å². The molecule has 7 nitrogen and oxygen atoms in total. The highest BCUT2D eigenvalue weighted by Gasteiger charge is 2.41. The summed E-state index contributed by atoms with van der Waals surface area (Å²) in [5.41, 5.74) is 1.59. The van der Waals surface area contributed by atoms with Crippen LogP contribution in [0.4, 0.5) is 8.78 Å². The van der Waals surface area contributed by atoms with Gasteiger partial charge in [0.25, 0.3) is 5.56 Å². The van der Waals surface area contributed by atoms with E-state index in [0.717, 1.165) is 23.8 Å². The van der Waals surface area contributed by atoms with Gasteiger partial charge in [-0.05, 0) is 48.2 Å². The van der Waals surface area contributed by atoms with Crippen LogP contribution >= 0.6 is 0 Å². The Balaban J connectivity index is 1.32. The number of hydrogen-bond donors (Lipinski definition) is 2. The Morgan fingerprint density at radius 2 is 1.97 bits per heavy atom. The third-order valence-electron chi connectivity index (χ3n) is 6.42. The molecule has 2 saturated heterocycles. The summed E-state index contributed by atoms with van der Waals surface area (Å²) in [5.74, 6) is 0.205. The summed E-state index contributed by atoms with van der Waals surface area (Å²) in [5, 5.41) is 22.1. The summed E-state index contributed by atoms with van der Waals surface area (Å²) in [6, 6.07) is 11.2. The predicted octanol–water partition coefficient (Wildman–Crippen LogP) is 3.60. The third kappa shape index (κ3) is 4.32. The van der Waals surface area contributed by atoms with Gasteiger partial charge in [0.05, 0.1) is 5.69 Å². The quantitative estimate of drug-likeness (QED) is 0.612. The number of hydrogen-bond acceptors (Lipinski definition) is 6. The molecule has 2 fully saturated rings. The van der Waals surface area contributed by atoms with Crippen molar-refractivity contribution in [2.75, 3.05) is 0 Å². The summed E-state index contributed by atoms with van der Waals surface area (Å²) in [4.78, 5) is 11.9. The van der Waals surface area contributed by atoms with Crippen molar-refractivity contribution in [3.8, 4) is 34.0 Å². The molecule has 0 aliphatic carbocycles. The van der Waals surface area contributed by atoms with E-state index in [4.69, 9.17) is 4.74 Å². The molecule has 2 aliphatic rings. The number of nitrogens with zero attached hydrogens (tertiary/aromatic N) is 3. The number of benzene rings is 1. The van der Waals surface area contributed by atoms with Gasteiger partial charge in [-0.1, -0.05) is 12.5 Å². The summed E-state index contributed by atoms with van der Waals surface area (Å²) >= 11 is 0. The van der Waals surface area contributed by atoms with Crippen molar-refractivity contribution < 1.29 is 18.6 Å². The van der Waals surface area contributed by atoms with Gasteiger partial charge in [-0.3, -0.25) is 9.36 Å². The molecule has 2 aliphatic heterocycles. The molecule has 9 heteroatoms. The number of phenols is 1. The highest BCUT2D eigenvalue weighted by molar-refractivity contribution is 5.74. The van der Waals surface area contributed by atoms with Crippen LogP contribution in [0.15, 0.2) is 53.5 Å². The first kappa shape index (κ1) is 21.5. The fourth-order valence-electron chi connectivity index (χ4n) is 4.67. The maximum atomic E-state index is 14.7. The minimum Gasteiger partial charge on any atom is -0.507 e. The second-order valence-corrected chi connectivity index (χ2v) is 8.57. The Hall–Kier alpha value is -3.33. The lowest BCUT2D eigenvalue weighted by Crippen LogP contribution is -2.59. The fraction of sp³-hybridized carbons (Fsp3) is 0.375. The Morgan fingerprint density at radius 1 is 1.12 bits per heavy atom. The second-order valence-electron chi connectivity index (χ2n) is 8.57. The van der Waals surface area contributed by atoms with E-state index in [9.17, 15) is 18.7 Å². The minimum absolute atomic E-state index is 0.0415. The maximum absolute atomic E-state index is 14.7. The number of aromatic nitrogens is 3. The van der Waals surface area contributed by atoms with Crippen LogP contribution in [-0.4, -0.2) is 44.2 Å². The second kappa shape index (κ2) is 8.90. The van der Waals surface area contributed by atoms with Crippen LogP contribution in [0, 0.1) is 0 Å². The van der Waals surface area contributed by atoms with Crippen LogP contribution < -0.4 is 15.6 Å². The van der Waals surface area contributed by atoms with Crippen molar-refractivity contribution in [1.82, 2.24) is 20.1 Å². The number of piperidine rings is 2. The van der Waals surface area contributed by atoms with E-state index in [1.807, 2.05) is 0 Å². The molecule has 172 valence electrons. The molecule has 1 aromatic carbocycles. The minimum atomic E-state index is -1.09. The van der Waals surface area contributed by atoms with E-state index >= 15 is 0 Å². The number of alkyl halides is 2. The Bertz CT molecular complexity index is 1200. The molecule has 4 heterocycles. The highest BCUT2D eigenvalue weighted by Crippen LogP contribution is 2.33. The number of ether oxygens (including phenoxy) is 1. The van der Waals surface area contributed by atoms with Crippen molar-refractivity contribution in [3.63, 3.8) is 0 Å². The van der Waals surface area contributed by atoms with Crippen LogP contribution in [0.3, 0.4) is 0 Å². The van der Waals surface area contributed by atoms with Gasteiger partial charge < -0.3 is 15.2 Å². The molecule has 0 amide bonds. The number of pyridine rings is 1. The lowest BCUT2D eigenvalue weighted by molar-refractivity contribution is 0.00652. The summed E-state index contributed by atoms with van der Waals surface area (Å²) in [6.45, 7) is -0.896. The standard InChI is InChI=1S/C24H24F2N4O3/c25-13-30-9-8-15(11-23(30)32)14-4-5-17(20(31)10-14)18-6-7-22(29-28-18)33-21-12-16-2-1-3-19(27-16)24(21)26/h4-11,16,19,21,24,27,31H,1-3,12-13H2/t16?,19?,21-,24+/m1/s1. The first-order valence-electron chi connectivity index (χ1n) is 11.0. The van der Waals surface area contributed by atoms with Crippen LogP contribution in [0.25, 0.3) is 22.4 Å². The molecule has 4 atom stereocenters. The first-order valence-corrected chi connectivity index (χ1v) is 11.0. The molecule has 5 rings (SSSR count). The molecule has 33 heavy (non-hydrogen) atoms. The van der Waals surface area contributed by atoms with Gasteiger partial charge in [-0.15, -0.1) is 10.2 Å². The number of fused-ring (bicyclic) bond motifs is 2. The maximum Gasteiger partial charge on any atom is 0.253 e. The van der Waals surface area contributed by atoms with Gasteiger partial charge in [0.2, 0.25) is 5.88 Å². The van der Waals surface area contributed by atoms with Crippen molar-refractivity contribution in [1.29, 1.82) is 0 Å². The van der Waals surface area contributed by atoms with E-state index in [-0.39, 0.29) is 23.7 Å². The van der Waals surface area contributed by atoms with Gasteiger partial charge in [-0.25, -0.2) is 8.78 Å². The van der Waals surface area contributed by atoms with E-state index in [1.165, 1.54) is 18.3 Å². The molecular weight excluding hydrogens is 430 g/mol. The number of phenolic OH excluding ortho intramolecular Hbond substituents is 1. The SMILES string of the molecule is O=c1cc(-c2ccc(-c3ccc(O[C@@H]4CC5CCCC(N5)[C@@H]4F)nn3)c(O)c2)ccn1CF. The van der Waals surface area contributed by atoms with E-state index < -0.39 is 24.6 Å². The van der Waals surface area contributed by atoms with Crippen molar-refractivity contribution >= 4 is 0 Å². The summed E-state index contributed by atoms with van der Waals surface area (Å²) in [6.07, 6.45) is 3.19. The Morgan fingerprint density at radius 3 is 2.70 bits per heavy atom. The lowest BCUT2D eigenvalue weighted by Gasteiger charge is -2.42. The average Bonchev–Trinajstić information content (AvgIpc) is 2.83. The fourth-order valence-corrected chi connectivity index (χ4v) is 4.67. The molecule has 2 aromatic heterocycles. The zero-order chi connectivity index (χ0) is 22.9. The van der Waals surface area contributed by atoms with Gasteiger partial charge in [0.1, 0.15) is 11.9 Å². The average molecular weight is 454 g/mol. The zero-order valence-electron chi connectivity index (χ0n) is 17.8. The molecule has 0 spiro atoms. The smallest absolute Gasteiger partial charge is 0.253 e. The molecule has 2 bridgehead atoms. The number of rotatable bonds is 5. The first-order chi connectivity index (χ1) is 16.0. The molecular formula is C24H24F2N4O3. The van der Waals surface area contributed by atoms with Crippen LogP contribution in [0.5, 0.6) is 11.6 Å². The number of halogens is 2. The molecule has 2 unspecified atom stereocenters. The normalized spacial score (nSPS) is 24.4. The van der Waals surface area contributed by atoms with Crippen molar-refractivity contribution in [2.24, 2.45) is 0 Å². The van der Waals surface area contributed by atoms with Gasteiger partial charge in [0, 0.05) is 42.4 Å². The van der Waals surface area contributed by atoms with Gasteiger partial charge in [-0.2, -0.15) is 0 Å². The van der Waals surface area contributed by atoms with Crippen molar-refractivity contribution in [3.05, 3.63) is 59.0 Å². The van der Waals surface area contributed by atoms with E-state index in [0.29, 0.717) is 28.8 Å². The van der Waals surface area contributed by atoms with Crippen LogP contribution in [0.2, 0.25) is 0 Å². The number of nitrogens with one attached hydrogen (secondary N) is 1. The molecule has 0 saturated carbocycles. The highest BCUT2D eigenvalue weighted by atomic mass is 19.1. The Kier molecular flexibility index (Phi) is 5.80. The molecule has 0 radical (unpaired) electrons. The predicted molar refractivity (Wildman–Crippen MR) is 118 cm³/mol. The number of aromatic hydroxyl groups is 1. The summed E-state index contributed by atoms with van der Waals surface area (Å²) < 4.78 is 34.2. The lowest BCUT2D eigenvalue weighted by atomic mass is 9.84. The van der Waals surface area contributed by atoms with E-state index in [1.54, 1.807) is 30.3 Å². The largest absolute Gasteiger partial charge is 0.507 e. The molecule has 2 N–H and O–H groups in total. The zero-order valence-corrected chi connectivity index (χ0v) is 17.8. The van der Waals surface area contributed by atoms with Crippen LogP contribution in [-0.2, 0) is 6.80 Å². The van der Waals surface area contributed by atoms with Gasteiger partial charge >= 0.3 is 0 Å². The van der Waals surface area contributed by atoms with Gasteiger partial charge in [0.15, 0.2) is 13.0 Å². The third-order valence-corrected chi connectivity index (χ3v) is 6.42. The summed E-state index contributed by atoms with van der Waals surface area (Å²) in [7, 11) is 0. The van der Waals surface area contributed by atoms with Crippen molar-refractivity contribution in [2.45, 2.75) is 56.8 Å². The molecule has 3 aromatic rings. The van der Waals surface area contributed by atoms with E-state index in [2.05, 4.69) is 15.5 Å². The topological polar surface area (TPSA) is 89.3 Å². The Labute approximate surface area is 189 Å². The monoisotopic (exact) mass is 454 g/mol.